The Bertz CT molecular complexity index is 946. The molecule has 0 bridgehead atoms. The third-order valence-corrected chi connectivity index (χ3v) is 4.41. The van der Waals surface area contributed by atoms with Crippen molar-refractivity contribution < 1.29 is 14.1 Å². The van der Waals surface area contributed by atoms with Crippen molar-refractivity contribution in [2.45, 2.75) is 53.7 Å². The van der Waals surface area contributed by atoms with Crippen LogP contribution in [0.15, 0.2) is 29.0 Å². The van der Waals surface area contributed by atoms with Crippen molar-refractivity contribution in [2.75, 3.05) is 0 Å². The highest BCUT2D eigenvalue weighted by atomic mass is 16.6. The van der Waals surface area contributed by atoms with Crippen LogP contribution in [-0.2, 0) is 22.5 Å². The Hall–Kier alpha value is -3.03. The van der Waals surface area contributed by atoms with E-state index in [1.165, 1.54) is 0 Å². The van der Waals surface area contributed by atoms with E-state index in [0.29, 0.717) is 11.7 Å². The minimum Gasteiger partial charge on any atom is -0.452 e. The van der Waals surface area contributed by atoms with E-state index in [-0.39, 0.29) is 18.3 Å². The predicted molar refractivity (Wildman–Crippen MR) is 102 cm³/mol. The fraction of sp³-hybridized carbons (Fsp3) is 0.450. The number of esters is 1. The first-order valence-corrected chi connectivity index (χ1v) is 9.31. The van der Waals surface area contributed by atoms with Gasteiger partial charge in [-0.2, -0.15) is 10.1 Å². The minimum atomic E-state index is -0.642. The van der Waals surface area contributed by atoms with Crippen molar-refractivity contribution in [2.24, 2.45) is 5.92 Å². The molecule has 0 saturated heterocycles. The number of ether oxygens (including phenoxy) is 1. The van der Waals surface area contributed by atoms with Crippen molar-refractivity contribution >= 4 is 5.97 Å². The van der Waals surface area contributed by atoms with E-state index in [0.717, 1.165) is 29.1 Å². The van der Waals surface area contributed by atoms with Crippen LogP contribution >= 0.6 is 0 Å². The predicted octanol–water partition coefficient (Wildman–Crippen LogP) is 3.45. The molecule has 8 heteroatoms. The van der Waals surface area contributed by atoms with E-state index in [2.05, 4.69) is 34.1 Å². The van der Waals surface area contributed by atoms with Gasteiger partial charge in [-0.15, -0.1) is 0 Å². The van der Waals surface area contributed by atoms with Crippen LogP contribution in [0, 0.1) is 19.8 Å². The summed E-state index contributed by atoms with van der Waals surface area (Å²) in [6.45, 7) is 10.7. The summed E-state index contributed by atoms with van der Waals surface area (Å²) < 4.78 is 12.7. The summed E-state index contributed by atoms with van der Waals surface area (Å²) in [5.41, 5.74) is 3.48. The molecule has 0 aliphatic carbocycles. The first-order valence-electron chi connectivity index (χ1n) is 9.31. The second kappa shape index (κ2) is 8.33. The van der Waals surface area contributed by atoms with Crippen molar-refractivity contribution in [1.82, 2.24) is 24.9 Å². The van der Waals surface area contributed by atoms with Gasteiger partial charge in [0.1, 0.15) is 0 Å². The maximum Gasteiger partial charge on any atom is 0.311 e. The Morgan fingerprint density at radius 3 is 2.75 bits per heavy atom. The highest BCUT2D eigenvalue weighted by molar-refractivity contribution is 5.73. The molecule has 0 aliphatic heterocycles. The summed E-state index contributed by atoms with van der Waals surface area (Å²) in [6.07, 6.45) is 2.83. The molecule has 3 aromatic heterocycles. The molecule has 0 N–H and O–H groups in total. The molecule has 0 saturated carbocycles. The normalized spacial score (nSPS) is 12.4. The first kappa shape index (κ1) is 19.7. The van der Waals surface area contributed by atoms with E-state index in [4.69, 9.17) is 9.26 Å². The van der Waals surface area contributed by atoms with Gasteiger partial charge < -0.3 is 9.26 Å². The molecule has 1 atom stereocenters. The van der Waals surface area contributed by atoms with E-state index in [9.17, 15) is 4.79 Å². The van der Waals surface area contributed by atoms with Gasteiger partial charge in [-0.3, -0.25) is 14.5 Å². The van der Waals surface area contributed by atoms with Crippen LogP contribution in [0.5, 0.6) is 0 Å². The lowest BCUT2D eigenvalue weighted by atomic mass is 10.1. The lowest BCUT2D eigenvalue weighted by Gasteiger charge is -2.10. The molecule has 0 fully saturated rings. The van der Waals surface area contributed by atoms with Gasteiger partial charge in [0.15, 0.2) is 6.10 Å². The quantitative estimate of drug-likeness (QED) is 0.577. The standard InChI is InChI=1S/C20H25N5O3/c1-12(2)11-25-14(4)17(13(3)23-25)9-18(26)27-15(5)20-22-19(24-28-20)16-7-6-8-21-10-16/h6-8,10,12,15H,9,11H2,1-5H3. The molecule has 8 nitrogen and oxygen atoms in total. The van der Waals surface area contributed by atoms with Crippen molar-refractivity contribution in [3.63, 3.8) is 0 Å². The number of carbonyl (C=O) groups excluding carboxylic acids is 1. The number of nitrogens with zero attached hydrogens (tertiary/aromatic N) is 5. The van der Waals surface area contributed by atoms with Gasteiger partial charge in [0.2, 0.25) is 5.82 Å². The van der Waals surface area contributed by atoms with Gasteiger partial charge in [0, 0.05) is 35.8 Å². The smallest absolute Gasteiger partial charge is 0.311 e. The van der Waals surface area contributed by atoms with Gasteiger partial charge in [-0.1, -0.05) is 19.0 Å². The lowest BCUT2D eigenvalue weighted by molar-refractivity contribution is -0.148. The molecule has 0 spiro atoms. The first-order chi connectivity index (χ1) is 13.3. The Morgan fingerprint density at radius 2 is 2.07 bits per heavy atom. The Morgan fingerprint density at radius 1 is 1.29 bits per heavy atom. The number of carbonyl (C=O) groups is 1. The number of hydrogen-bond acceptors (Lipinski definition) is 7. The fourth-order valence-corrected chi connectivity index (χ4v) is 2.96. The van der Waals surface area contributed by atoms with Crippen LogP contribution in [0.2, 0.25) is 0 Å². The fourth-order valence-electron chi connectivity index (χ4n) is 2.96. The van der Waals surface area contributed by atoms with Gasteiger partial charge >= 0.3 is 5.97 Å². The van der Waals surface area contributed by atoms with E-state index < -0.39 is 6.10 Å². The van der Waals surface area contributed by atoms with Gasteiger partial charge in [-0.25, -0.2) is 0 Å². The molecule has 0 amide bonds. The van der Waals surface area contributed by atoms with E-state index in [1.807, 2.05) is 24.6 Å². The molecule has 0 aromatic carbocycles. The summed E-state index contributed by atoms with van der Waals surface area (Å²) in [4.78, 5) is 20.8. The molecule has 148 valence electrons. The average Bonchev–Trinajstić information content (AvgIpc) is 3.24. The van der Waals surface area contributed by atoms with Crippen LogP contribution in [0.25, 0.3) is 11.4 Å². The summed E-state index contributed by atoms with van der Waals surface area (Å²) in [7, 11) is 0. The largest absolute Gasteiger partial charge is 0.452 e. The summed E-state index contributed by atoms with van der Waals surface area (Å²) in [6, 6.07) is 3.62. The van der Waals surface area contributed by atoms with E-state index >= 15 is 0 Å². The maximum atomic E-state index is 12.4. The summed E-state index contributed by atoms with van der Waals surface area (Å²) in [5, 5.41) is 8.47. The maximum absolute atomic E-state index is 12.4. The monoisotopic (exact) mass is 383 g/mol. The molecule has 0 aliphatic rings. The second-order valence-corrected chi connectivity index (χ2v) is 7.23. The van der Waals surface area contributed by atoms with Gasteiger partial charge in [0.05, 0.1) is 12.1 Å². The van der Waals surface area contributed by atoms with Crippen molar-refractivity contribution in [3.05, 3.63) is 47.4 Å². The number of hydrogen-bond donors (Lipinski definition) is 0. The average molecular weight is 383 g/mol. The van der Waals surface area contributed by atoms with Crippen LogP contribution < -0.4 is 0 Å². The third kappa shape index (κ3) is 4.44. The highest BCUT2D eigenvalue weighted by Crippen LogP contribution is 2.21. The van der Waals surface area contributed by atoms with Crippen LogP contribution in [0.1, 0.15) is 49.7 Å². The number of aryl methyl sites for hydroxylation is 1. The van der Waals surface area contributed by atoms with Gasteiger partial charge in [-0.05, 0) is 38.8 Å². The Labute approximate surface area is 163 Å². The van der Waals surface area contributed by atoms with Crippen molar-refractivity contribution in [3.8, 4) is 11.4 Å². The molecule has 3 heterocycles. The summed E-state index contributed by atoms with van der Waals surface area (Å²) >= 11 is 0. The highest BCUT2D eigenvalue weighted by Gasteiger charge is 2.22. The number of pyridine rings is 1. The van der Waals surface area contributed by atoms with Gasteiger partial charge in [0.25, 0.3) is 5.89 Å². The molecule has 0 radical (unpaired) electrons. The molecular weight excluding hydrogens is 358 g/mol. The topological polar surface area (TPSA) is 95.9 Å². The minimum absolute atomic E-state index is 0.156. The summed E-state index contributed by atoms with van der Waals surface area (Å²) in [5.74, 6) is 0.775. The van der Waals surface area contributed by atoms with Crippen LogP contribution in [0.3, 0.4) is 0 Å². The Balaban J connectivity index is 1.65. The Kier molecular flexibility index (Phi) is 5.87. The molecule has 3 rings (SSSR count). The number of aromatic nitrogens is 5. The molecule has 3 aromatic rings. The zero-order chi connectivity index (χ0) is 20.3. The third-order valence-electron chi connectivity index (χ3n) is 4.41. The zero-order valence-electron chi connectivity index (χ0n) is 16.8. The van der Waals surface area contributed by atoms with Crippen LogP contribution in [0.4, 0.5) is 0 Å². The van der Waals surface area contributed by atoms with Crippen LogP contribution in [-0.4, -0.2) is 30.9 Å². The van der Waals surface area contributed by atoms with E-state index in [1.54, 1.807) is 25.4 Å². The second-order valence-electron chi connectivity index (χ2n) is 7.23. The van der Waals surface area contributed by atoms with Crippen molar-refractivity contribution in [1.29, 1.82) is 0 Å². The lowest BCUT2D eigenvalue weighted by Crippen LogP contribution is -2.13. The zero-order valence-corrected chi connectivity index (χ0v) is 16.8. The number of rotatable bonds is 7. The molecule has 28 heavy (non-hydrogen) atoms. The molecular formula is C20H25N5O3. The SMILES string of the molecule is Cc1nn(CC(C)C)c(C)c1CC(=O)OC(C)c1nc(-c2cccnc2)no1. The molecule has 1 unspecified atom stereocenters.